The maximum Gasteiger partial charge on any atom is 0.345 e. The Kier molecular flexibility index (Phi) is 3.29. The number of amides is 1. The highest BCUT2D eigenvalue weighted by Crippen LogP contribution is 2.29. The Balaban J connectivity index is 2.13. The quantitative estimate of drug-likeness (QED) is 0.885. The number of carbonyl (C=O) groups is 2. The number of rotatable bonds is 4. The predicted octanol–water partition coefficient (Wildman–Crippen LogP) is 2.34. The molecular weight excluding hydrogens is 254 g/mol. The van der Waals surface area contributed by atoms with Crippen LogP contribution in [-0.4, -0.2) is 17.0 Å². The lowest BCUT2D eigenvalue weighted by molar-refractivity contribution is 0.0702. The van der Waals surface area contributed by atoms with Crippen LogP contribution in [0.25, 0.3) is 0 Å². The van der Waals surface area contributed by atoms with Crippen LogP contribution < -0.4 is 10.5 Å². The summed E-state index contributed by atoms with van der Waals surface area (Å²) >= 11 is 1.03. The van der Waals surface area contributed by atoms with Crippen molar-refractivity contribution in [2.24, 2.45) is 5.73 Å². The molecule has 0 aliphatic heterocycles. The van der Waals surface area contributed by atoms with Crippen LogP contribution in [0.1, 0.15) is 20.0 Å². The van der Waals surface area contributed by atoms with Crippen molar-refractivity contribution in [3.8, 4) is 10.8 Å². The van der Waals surface area contributed by atoms with Gasteiger partial charge in [0.25, 0.3) is 0 Å². The summed E-state index contributed by atoms with van der Waals surface area (Å²) in [5.41, 5.74) is 5.50. The Hall–Kier alpha value is -2.34. The zero-order valence-corrected chi connectivity index (χ0v) is 9.94. The fraction of sp³-hybridized carbons (Fsp3) is 0. The minimum absolute atomic E-state index is 0.207. The van der Waals surface area contributed by atoms with E-state index in [1.54, 1.807) is 30.3 Å². The van der Waals surface area contributed by atoms with Gasteiger partial charge in [-0.15, -0.1) is 0 Å². The van der Waals surface area contributed by atoms with Crippen LogP contribution in [0.4, 0.5) is 0 Å². The molecule has 0 unspecified atom stereocenters. The van der Waals surface area contributed by atoms with Crippen molar-refractivity contribution in [3.63, 3.8) is 0 Å². The van der Waals surface area contributed by atoms with E-state index in [2.05, 4.69) is 0 Å². The van der Waals surface area contributed by atoms with Crippen molar-refractivity contribution in [1.82, 2.24) is 0 Å². The first-order valence-corrected chi connectivity index (χ1v) is 5.79. The van der Waals surface area contributed by atoms with Crippen LogP contribution in [0.5, 0.6) is 10.8 Å². The zero-order chi connectivity index (χ0) is 13.1. The first kappa shape index (κ1) is 12.1. The number of carboxylic acids is 1. The summed E-state index contributed by atoms with van der Waals surface area (Å²) in [5.74, 6) is -0.983. The molecule has 0 fully saturated rings. The molecule has 0 radical (unpaired) electrons. The molecular formula is C12H9NO4S. The number of primary amides is 1. The van der Waals surface area contributed by atoms with Crippen molar-refractivity contribution < 1.29 is 19.4 Å². The molecule has 0 saturated heterocycles. The van der Waals surface area contributed by atoms with E-state index in [-0.39, 0.29) is 4.88 Å². The van der Waals surface area contributed by atoms with Gasteiger partial charge >= 0.3 is 5.97 Å². The Morgan fingerprint density at radius 1 is 1.11 bits per heavy atom. The van der Waals surface area contributed by atoms with Crippen molar-refractivity contribution in [3.05, 3.63) is 46.8 Å². The fourth-order valence-electron chi connectivity index (χ4n) is 1.29. The van der Waals surface area contributed by atoms with Crippen LogP contribution in [0.15, 0.2) is 36.4 Å². The Morgan fingerprint density at radius 2 is 1.78 bits per heavy atom. The lowest BCUT2D eigenvalue weighted by Crippen LogP contribution is -2.10. The van der Waals surface area contributed by atoms with E-state index >= 15 is 0 Å². The van der Waals surface area contributed by atoms with Crippen molar-refractivity contribution in [2.45, 2.75) is 0 Å². The SMILES string of the molecule is NC(=O)c1ccc(Oc2ccc(C(=O)O)s2)cc1. The second-order valence-electron chi connectivity index (χ2n) is 3.41. The van der Waals surface area contributed by atoms with Gasteiger partial charge < -0.3 is 15.6 Å². The molecule has 0 aliphatic rings. The molecule has 0 aliphatic carbocycles. The Bertz CT molecular complexity index is 588. The molecule has 2 aromatic rings. The van der Waals surface area contributed by atoms with E-state index in [9.17, 15) is 9.59 Å². The number of ether oxygens (including phenoxy) is 1. The number of aromatic carboxylic acids is 1. The highest BCUT2D eigenvalue weighted by molar-refractivity contribution is 7.15. The summed E-state index contributed by atoms with van der Waals surface area (Å²) in [5, 5.41) is 9.24. The van der Waals surface area contributed by atoms with Gasteiger partial charge in [-0.3, -0.25) is 4.79 Å². The number of hydrogen-bond acceptors (Lipinski definition) is 4. The highest BCUT2D eigenvalue weighted by atomic mass is 32.1. The second-order valence-corrected chi connectivity index (χ2v) is 4.46. The van der Waals surface area contributed by atoms with Crippen LogP contribution in [0, 0.1) is 0 Å². The number of carbonyl (C=O) groups excluding carboxylic acids is 1. The highest BCUT2D eigenvalue weighted by Gasteiger charge is 2.08. The average molecular weight is 263 g/mol. The molecule has 0 saturated carbocycles. The smallest absolute Gasteiger partial charge is 0.345 e. The number of hydrogen-bond donors (Lipinski definition) is 2. The molecule has 1 heterocycles. The van der Waals surface area contributed by atoms with E-state index < -0.39 is 11.9 Å². The summed E-state index contributed by atoms with van der Waals surface area (Å²) in [6.45, 7) is 0. The normalized spacial score (nSPS) is 10.0. The van der Waals surface area contributed by atoms with Gasteiger partial charge in [0.05, 0.1) is 0 Å². The summed E-state index contributed by atoms with van der Waals surface area (Å²) < 4.78 is 5.45. The first-order chi connectivity index (χ1) is 8.56. The van der Waals surface area contributed by atoms with Gasteiger partial charge in [-0.25, -0.2) is 4.79 Å². The largest absolute Gasteiger partial charge is 0.477 e. The molecule has 92 valence electrons. The number of benzene rings is 1. The molecule has 2 rings (SSSR count). The van der Waals surface area contributed by atoms with Crippen molar-refractivity contribution in [2.75, 3.05) is 0 Å². The van der Waals surface area contributed by atoms with Gasteiger partial charge in [0.2, 0.25) is 5.91 Å². The predicted molar refractivity (Wildman–Crippen MR) is 66.3 cm³/mol. The summed E-state index contributed by atoms with van der Waals surface area (Å²) in [7, 11) is 0. The van der Waals surface area contributed by atoms with Crippen LogP contribution >= 0.6 is 11.3 Å². The minimum atomic E-state index is -0.987. The summed E-state index contributed by atoms with van der Waals surface area (Å²) in [4.78, 5) is 21.8. The minimum Gasteiger partial charge on any atom is -0.477 e. The monoisotopic (exact) mass is 263 g/mol. The molecule has 1 aromatic carbocycles. The Labute approximate surface area is 106 Å². The van der Waals surface area contributed by atoms with Gasteiger partial charge in [0.1, 0.15) is 10.6 Å². The topological polar surface area (TPSA) is 89.6 Å². The van der Waals surface area contributed by atoms with Crippen LogP contribution in [0.3, 0.4) is 0 Å². The molecule has 18 heavy (non-hydrogen) atoms. The third-order valence-electron chi connectivity index (χ3n) is 2.15. The molecule has 1 amide bonds. The van der Waals surface area contributed by atoms with E-state index in [0.717, 1.165) is 11.3 Å². The van der Waals surface area contributed by atoms with E-state index in [4.69, 9.17) is 15.6 Å². The Morgan fingerprint density at radius 3 is 2.28 bits per heavy atom. The summed E-state index contributed by atoms with van der Waals surface area (Å²) in [6, 6.07) is 9.34. The molecule has 1 aromatic heterocycles. The van der Waals surface area contributed by atoms with Gasteiger partial charge in [0.15, 0.2) is 5.06 Å². The van der Waals surface area contributed by atoms with Gasteiger partial charge in [-0.2, -0.15) is 0 Å². The first-order valence-electron chi connectivity index (χ1n) is 4.97. The molecule has 3 N–H and O–H groups in total. The van der Waals surface area contributed by atoms with E-state index in [0.29, 0.717) is 16.4 Å². The van der Waals surface area contributed by atoms with Crippen LogP contribution in [-0.2, 0) is 0 Å². The van der Waals surface area contributed by atoms with Crippen molar-refractivity contribution in [1.29, 1.82) is 0 Å². The van der Waals surface area contributed by atoms with E-state index in [1.807, 2.05) is 0 Å². The van der Waals surface area contributed by atoms with Gasteiger partial charge in [0, 0.05) is 5.56 Å². The third kappa shape index (κ3) is 2.67. The molecule has 0 bridgehead atoms. The maximum absolute atomic E-state index is 10.9. The van der Waals surface area contributed by atoms with Crippen LogP contribution in [0.2, 0.25) is 0 Å². The lowest BCUT2D eigenvalue weighted by Gasteiger charge is -2.02. The standard InChI is InChI=1S/C12H9NO4S/c13-11(14)7-1-3-8(4-2-7)17-10-6-5-9(18-10)12(15)16/h1-6H,(H2,13,14)(H,15,16). The maximum atomic E-state index is 10.9. The van der Waals surface area contributed by atoms with E-state index in [1.165, 1.54) is 6.07 Å². The molecule has 6 heteroatoms. The number of nitrogens with two attached hydrogens (primary N) is 1. The van der Waals surface area contributed by atoms with Gasteiger partial charge in [-0.1, -0.05) is 11.3 Å². The third-order valence-corrected chi connectivity index (χ3v) is 3.10. The van der Waals surface area contributed by atoms with Gasteiger partial charge in [-0.05, 0) is 36.4 Å². The molecule has 5 nitrogen and oxygen atoms in total. The zero-order valence-electron chi connectivity index (χ0n) is 9.12. The number of thiophene rings is 1. The second kappa shape index (κ2) is 4.89. The summed E-state index contributed by atoms with van der Waals surface area (Å²) in [6.07, 6.45) is 0. The molecule has 0 atom stereocenters. The molecule has 0 spiro atoms. The number of carboxylic acid groups (broad SMARTS) is 1. The average Bonchev–Trinajstić information content (AvgIpc) is 2.78. The van der Waals surface area contributed by atoms with Crippen molar-refractivity contribution >= 4 is 23.2 Å². The lowest BCUT2D eigenvalue weighted by atomic mass is 10.2. The fourth-order valence-corrected chi connectivity index (χ4v) is 2.01.